The first-order valence-corrected chi connectivity index (χ1v) is 13.0. The fourth-order valence-electron chi connectivity index (χ4n) is 8.41. The Balaban J connectivity index is 1.61. The summed E-state index contributed by atoms with van der Waals surface area (Å²) in [5.74, 6) is 1.28. The van der Waals surface area contributed by atoms with Crippen molar-refractivity contribution in [2.75, 3.05) is 6.61 Å². The van der Waals surface area contributed by atoms with E-state index < -0.39 is 18.3 Å². The van der Waals surface area contributed by atoms with Gasteiger partial charge in [0, 0.05) is 24.5 Å². The Hall–Kier alpha value is -0.750. The first kappa shape index (κ1) is 24.4. The van der Waals surface area contributed by atoms with Crippen LogP contribution in [0.25, 0.3) is 0 Å². The number of Topliss-reactive ketones (excluding diaryl/α,β-unsaturated/α-hetero) is 1. The number of carbonyl (C=O) groups excluding carboxylic acids is 1. The topological polar surface area (TPSA) is 98.0 Å². The monoisotopic (exact) mass is 448 g/mol. The highest BCUT2D eigenvalue weighted by Crippen LogP contribution is 2.65. The molecule has 5 nitrogen and oxygen atoms in total. The summed E-state index contributed by atoms with van der Waals surface area (Å²) in [6.45, 7) is 9.06. The third-order valence-corrected chi connectivity index (χ3v) is 10.3. The van der Waals surface area contributed by atoms with Gasteiger partial charge in [-0.2, -0.15) is 0 Å². The van der Waals surface area contributed by atoms with Gasteiger partial charge in [0.05, 0.1) is 18.3 Å². The first-order chi connectivity index (χ1) is 15.0. The normalized spacial score (nSPS) is 45.8. The smallest absolute Gasteiger partial charge is 0.159 e. The standard InChI is InChI=1S/C27H44O5/c1-15(14-28)6-5-7-16(2)19-13-22(31)23-17-12-21(30)24-25(32)20(29)9-11-26(24,3)18(17)8-10-27(19,23)4/h15-16,18-21,24-25,28-30,32H,5-14H2,1-4H3/t15-,16+,18-,19+,20-,21-,24?,25-,26+,27+/m0/s1. The molecule has 4 aliphatic rings. The zero-order chi connectivity index (χ0) is 23.4. The predicted molar refractivity (Wildman–Crippen MR) is 124 cm³/mol. The van der Waals surface area contributed by atoms with Crippen LogP contribution in [0.5, 0.6) is 0 Å². The van der Waals surface area contributed by atoms with E-state index in [1.54, 1.807) is 0 Å². The van der Waals surface area contributed by atoms with Crippen molar-refractivity contribution in [1.82, 2.24) is 0 Å². The van der Waals surface area contributed by atoms with Crippen LogP contribution >= 0.6 is 0 Å². The van der Waals surface area contributed by atoms with Gasteiger partial charge in [-0.1, -0.05) is 46.1 Å². The SMILES string of the molecule is C[C@H](CO)CCC[C@@H](C)[C@H]1CC(=O)C2=C3C[C@H](O)C4[C@@H](O)[C@@H](O)CC[C@]4(C)[C@H]3CC[C@@]21C. The Morgan fingerprint density at radius 3 is 2.41 bits per heavy atom. The molecule has 0 radical (unpaired) electrons. The number of allylic oxidation sites excluding steroid dienone is 1. The Morgan fingerprint density at radius 1 is 1.00 bits per heavy atom. The second kappa shape index (κ2) is 8.79. The molecule has 3 saturated carbocycles. The van der Waals surface area contributed by atoms with Crippen LogP contribution in [0, 0.1) is 40.4 Å². The van der Waals surface area contributed by atoms with Gasteiger partial charge in [0.15, 0.2) is 5.78 Å². The fraction of sp³-hybridized carbons (Fsp3) is 0.889. The largest absolute Gasteiger partial charge is 0.396 e. The van der Waals surface area contributed by atoms with Crippen molar-refractivity contribution in [2.24, 2.45) is 40.4 Å². The van der Waals surface area contributed by atoms with Crippen molar-refractivity contribution in [3.05, 3.63) is 11.1 Å². The van der Waals surface area contributed by atoms with E-state index in [4.69, 9.17) is 0 Å². The zero-order valence-corrected chi connectivity index (χ0v) is 20.4. The number of aliphatic hydroxyl groups excluding tert-OH is 4. The molecular formula is C27H44O5. The molecule has 0 saturated heterocycles. The zero-order valence-electron chi connectivity index (χ0n) is 20.4. The highest BCUT2D eigenvalue weighted by molar-refractivity contribution is 6.00. The van der Waals surface area contributed by atoms with Crippen molar-refractivity contribution in [3.63, 3.8) is 0 Å². The maximum Gasteiger partial charge on any atom is 0.159 e. The van der Waals surface area contributed by atoms with E-state index in [0.29, 0.717) is 37.0 Å². The first-order valence-electron chi connectivity index (χ1n) is 13.0. The molecule has 4 aliphatic carbocycles. The quantitative estimate of drug-likeness (QED) is 0.497. The van der Waals surface area contributed by atoms with E-state index in [1.165, 1.54) is 5.57 Å². The Morgan fingerprint density at radius 2 is 1.72 bits per heavy atom. The third kappa shape index (κ3) is 3.72. The summed E-state index contributed by atoms with van der Waals surface area (Å²) in [6.07, 6.45) is 5.19. The number of carbonyl (C=O) groups is 1. The van der Waals surface area contributed by atoms with E-state index in [9.17, 15) is 25.2 Å². The number of hydrogen-bond donors (Lipinski definition) is 4. The molecule has 4 rings (SSSR count). The van der Waals surface area contributed by atoms with Gasteiger partial charge in [-0.3, -0.25) is 4.79 Å². The van der Waals surface area contributed by atoms with E-state index in [1.807, 2.05) is 0 Å². The van der Waals surface area contributed by atoms with Gasteiger partial charge < -0.3 is 20.4 Å². The van der Waals surface area contributed by atoms with Crippen LogP contribution in [0.15, 0.2) is 11.1 Å². The van der Waals surface area contributed by atoms with Gasteiger partial charge in [-0.15, -0.1) is 0 Å². The van der Waals surface area contributed by atoms with Crippen LogP contribution in [0.4, 0.5) is 0 Å². The Labute approximate surface area is 193 Å². The van der Waals surface area contributed by atoms with Crippen molar-refractivity contribution in [2.45, 2.75) is 104 Å². The summed E-state index contributed by atoms with van der Waals surface area (Å²) < 4.78 is 0. The Kier molecular flexibility index (Phi) is 6.70. The third-order valence-electron chi connectivity index (χ3n) is 10.3. The van der Waals surface area contributed by atoms with Crippen molar-refractivity contribution in [3.8, 4) is 0 Å². The molecule has 1 unspecified atom stereocenters. The minimum absolute atomic E-state index is 0.124. The molecule has 0 aromatic rings. The van der Waals surface area contributed by atoms with E-state index >= 15 is 0 Å². The highest BCUT2D eigenvalue weighted by atomic mass is 16.3. The van der Waals surface area contributed by atoms with Gasteiger partial charge in [0.1, 0.15) is 0 Å². The van der Waals surface area contributed by atoms with Crippen LogP contribution in [-0.4, -0.2) is 51.1 Å². The summed E-state index contributed by atoms with van der Waals surface area (Å²) in [5.41, 5.74) is 1.78. The number of aliphatic hydroxyl groups is 4. The van der Waals surface area contributed by atoms with Crippen molar-refractivity contribution < 1.29 is 25.2 Å². The molecule has 0 aromatic carbocycles. The molecule has 32 heavy (non-hydrogen) atoms. The lowest BCUT2D eigenvalue weighted by Gasteiger charge is -2.59. The van der Waals surface area contributed by atoms with E-state index in [2.05, 4.69) is 27.7 Å². The minimum Gasteiger partial charge on any atom is -0.396 e. The molecule has 5 heteroatoms. The molecule has 182 valence electrons. The lowest BCUT2D eigenvalue weighted by atomic mass is 9.47. The van der Waals surface area contributed by atoms with Crippen LogP contribution in [0.3, 0.4) is 0 Å². The summed E-state index contributed by atoms with van der Waals surface area (Å²) in [7, 11) is 0. The summed E-state index contributed by atoms with van der Waals surface area (Å²) >= 11 is 0. The maximum atomic E-state index is 13.4. The molecule has 0 spiro atoms. The molecule has 0 heterocycles. The lowest BCUT2D eigenvalue weighted by Crippen LogP contribution is -2.59. The highest BCUT2D eigenvalue weighted by Gasteiger charge is 2.61. The second-order valence-corrected chi connectivity index (χ2v) is 12.2. The van der Waals surface area contributed by atoms with Gasteiger partial charge in [-0.25, -0.2) is 0 Å². The van der Waals surface area contributed by atoms with Crippen LogP contribution < -0.4 is 0 Å². The van der Waals surface area contributed by atoms with Crippen LogP contribution in [-0.2, 0) is 4.79 Å². The summed E-state index contributed by atoms with van der Waals surface area (Å²) in [6, 6.07) is 0. The number of hydrogen-bond acceptors (Lipinski definition) is 5. The average Bonchev–Trinajstić information content (AvgIpc) is 3.01. The molecule has 0 aliphatic heterocycles. The van der Waals surface area contributed by atoms with Crippen LogP contribution in [0.1, 0.15) is 85.5 Å². The van der Waals surface area contributed by atoms with Gasteiger partial charge in [0.25, 0.3) is 0 Å². The number of rotatable bonds is 6. The fourth-order valence-corrected chi connectivity index (χ4v) is 8.41. The van der Waals surface area contributed by atoms with Gasteiger partial charge >= 0.3 is 0 Å². The van der Waals surface area contributed by atoms with Gasteiger partial charge in [0.2, 0.25) is 0 Å². The summed E-state index contributed by atoms with van der Waals surface area (Å²) in [4.78, 5) is 13.4. The Bertz CT molecular complexity index is 761. The molecular weight excluding hydrogens is 404 g/mol. The van der Waals surface area contributed by atoms with E-state index in [-0.39, 0.29) is 35.1 Å². The molecule has 0 bridgehead atoms. The average molecular weight is 449 g/mol. The van der Waals surface area contributed by atoms with Crippen molar-refractivity contribution >= 4 is 5.78 Å². The van der Waals surface area contributed by atoms with E-state index in [0.717, 1.165) is 44.1 Å². The molecule has 0 aromatic heterocycles. The molecule has 4 N–H and O–H groups in total. The summed E-state index contributed by atoms with van der Waals surface area (Å²) in [5, 5.41) is 41.4. The minimum atomic E-state index is -0.892. The van der Waals surface area contributed by atoms with Gasteiger partial charge in [-0.05, 0) is 73.0 Å². The number of fused-ring (bicyclic) bond motifs is 4. The molecule has 0 amide bonds. The predicted octanol–water partition coefficient (Wildman–Crippen LogP) is 3.63. The van der Waals surface area contributed by atoms with Crippen LogP contribution in [0.2, 0.25) is 0 Å². The molecule has 10 atom stereocenters. The maximum absolute atomic E-state index is 13.4. The lowest BCUT2D eigenvalue weighted by molar-refractivity contribution is -0.166. The second-order valence-electron chi connectivity index (χ2n) is 12.2. The molecule has 3 fully saturated rings. The number of ketones is 1. The van der Waals surface area contributed by atoms with Crippen molar-refractivity contribution in [1.29, 1.82) is 0 Å².